The summed E-state index contributed by atoms with van der Waals surface area (Å²) in [5.74, 6) is -0.639. The van der Waals surface area contributed by atoms with Gasteiger partial charge in [-0.2, -0.15) is 0 Å². The number of benzene rings is 2. The quantitative estimate of drug-likeness (QED) is 0.848. The van der Waals surface area contributed by atoms with E-state index < -0.39 is 11.9 Å². The summed E-state index contributed by atoms with van der Waals surface area (Å²) in [4.78, 5) is 0. The summed E-state index contributed by atoms with van der Waals surface area (Å²) in [6.07, 6.45) is -0.825. The van der Waals surface area contributed by atoms with Gasteiger partial charge < -0.3 is 5.11 Å². The molecule has 19 heavy (non-hydrogen) atoms. The van der Waals surface area contributed by atoms with Crippen LogP contribution in [0.25, 0.3) is 0 Å². The van der Waals surface area contributed by atoms with E-state index in [0.717, 1.165) is 5.56 Å². The lowest BCUT2D eigenvalue weighted by Gasteiger charge is -2.20. The fraction of sp³-hybridized carbons (Fsp3) is 0.200. The van der Waals surface area contributed by atoms with Gasteiger partial charge in [-0.15, -0.1) is 0 Å². The molecule has 1 nitrogen and oxygen atoms in total. The van der Waals surface area contributed by atoms with Gasteiger partial charge in [-0.25, -0.2) is 4.39 Å². The Morgan fingerprint density at radius 3 is 2.16 bits per heavy atom. The second-order valence-corrected chi connectivity index (χ2v) is 5.36. The summed E-state index contributed by atoms with van der Waals surface area (Å²) in [6, 6.07) is 11.3. The van der Waals surface area contributed by atoms with E-state index in [1.54, 1.807) is 18.2 Å². The van der Waals surface area contributed by atoms with E-state index in [9.17, 15) is 9.50 Å². The van der Waals surface area contributed by atoms with Crippen LogP contribution in [-0.4, -0.2) is 5.11 Å². The highest BCUT2D eigenvalue weighted by atomic mass is 35.5. The lowest BCUT2D eigenvalue weighted by atomic mass is 9.91. The number of hydrogen-bond donors (Lipinski definition) is 1. The van der Waals surface area contributed by atoms with Crippen LogP contribution in [0.1, 0.15) is 30.1 Å². The molecule has 0 saturated carbocycles. The molecule has 2 atom stereocenters. The largest absolute Gasteiger partial charge is 0.388 e. The second kappa shape index (κ2) is 5.91. The first-order chi connectivity index (χ1) is 8.97. The zero-order valence-corrected chi connectivity index (χ0v) is 11.8. The maximum absolute atomic E-state index is 13.3. The molecule has 0 aliphatic rings. The molecule has 0 radical (unpaired) electrons. The molecule has 0 aliphatic carbocycles. The maximum Gasteiger partial charge on any atom is 0.125 e. The monoisotopic (exact) mass is 298 g/mol. The minimum absolute atomic E-state index is 0.185. The van der Waals surface area contributed by atoms with E-state index >= 15 is 0 Å². The average Bonchev–Trinajstić information content (AvgIpc) is 2.37. The van der Waals surface area contributed by atoms with Gasteiger partial charge in [-0.1, -0.05) is 42.3 Å². The normalized spacial score (nSPS) is 14.2. The van der Waals surface area contributed by atoms with Gasteiger partial charge in [0.05, 0.1) is 6.10 Å². The summed E-state index contributed by atoms with van der Waals surface area (Å²) in [6.45, 7) is 1.87. The minimum Gasteiger partial charge on any atom is -0.388 e. The second-order valence-electron chi connectivity index (χ2n) is 4.49. The average molecular weight is 299 g/mol. The summed E-state index contributed by atoms with van der Waals surface area (Å²) < 4.78 is 13.3. The smallest absolute Gasteiger partial charge is 0.125 e. The van der Waals surface area contributed by atoms with Crippen LogP contribution >= 0.6 is 23.2 Å². The van der Waals surface area contributed by atoms with Gasteiger partial charge in [0, 0.05) is 16.0 Å². The molecule has 1 N–H and O–H groups in total. The molecule has 0 bridgehead atoms. The van der Waals surface area contributed by atoms with Gasteiger partial charge >= 0.3 is 0 Å². The topological polar surface area (TPSA) is 20.2 Å². The van der Waals surface area contributed by atoms with Crippen molar-refractivity contribution in [2.24, 2.45) is 0 Å². The molecule has 0 saturated heterocycles. The Kier molecular flexibility index (Phi) is 4.46. The lowest BCUT2D eigenvalue weighted by molar-refractivity contribution is 0.151. The number of aliphatic hydroxyl groups excluding tert-OH is 1. The third-order valence-electron chi connectivity index (χ3n) is 3.10. The first-order valence-electron chi connectivity index (χ1n) is 5.87. The van der Waals surface area contributed by atoms with Crippen molar-refractivity contribution in [3.8, 4) is 0 Å². The molecule has 2 rings (SSSR count). The standard InChI is InChI=1S/C15H13Cl2FO/c1-9(10-2-4-12(16)5-3-10)15(19)11-6-13(17)8-14(18)7-11/h2-9,15,19H,1H3/t9-,15+/m1/s1. The van der Waals surface area contributed by atoms with Gasteiger partial charge in [-0.3, -0.25) is 0 Å². The van der Waals surface area contributed by atoms with Crippen LogP contribution in [0.3, 0.4) is 0 Å². The molecule has 0 heterocycles. The van der Waals surface area contributed by atoms with E-state index in [0.29, 0.717) is 10.6 Å². The summed E-state index contributed by atoms with van der Waals surface area (Å²) in [5, 5.41) is 11.2. The maximum atomic E-state index is 13.3. The molecule has 0 aliphatic heterocycles. The SMILES string of the molecule is C[C@H](c1ccc(Cl)cc1)[C@H](O)c1cc(F)cc(Cl)c1. The molecule has 0 fully saturated rings. The van der Waals surface area contributed by atoms with Gasteiger partial charge in [0.25, 0.3) is 0 Å². The van der Waals surface area contributed by atoms with Crippen molar-refractivity contribution in [2.45, 2.75) is 18.9 Å². The molecule has 0 aromatic heterocycles. The van der Waals surface area contributed by atoms with Crippen LogP contribution in [0.4, 0.5) is 4.39 Å². The van der Waals surface area contributed by atoms with Crippen LogP contribution in [0, 0.1) is 5.82 Å². The fourth-order valence-electron chi connectivity index (χ4n) is 1.98. The molecule has 0 spiro atoms. The third kappa shape index (κ3) is 3.47. The van der Waals surface area contributed by atoms with Crippen molar-refractivity contribution in [1.82, 2.24) is 0 Å². The van der Waals surface area contributed by atoms with Crippen LogP contribution in [0.15, 0.2) is 42.5 Å². The molecule has 0 amide bonds. The van der Waals surface area contributed by atoms with Crippen molar-refractivity contribution in [3.05, 3.63) is 69.5 Å². The lowest BCUT2D eigenvalue weighted by Crippen LogP contribution is -2.08. The Morgan fingerprint density at radius 1 is 0.947 bits per heavy atom. The van der Waals surface area contributed by atoms with Crippen molar-refractivity contribution in [2.75, 3.05) is 0 Å². The van der Waals surface area contributed by atoms with Crippen LogP contribution < -0.4 is 0 Å². The minimum atomic E-state index is -0.825. The Bertz CT molecular complexity index is 549. The van der Waals surface area contributed by atoms with E-state index in [2.05, 4.69) is 0 Å². The van der Waals surface area contributed by atoms with E-state index in [4.69, 9.17) is 23.2 Å². The van der Waals surface area contributed by atoms with Crippen molar-refractivity contribution >= 4 is 23.2 Å². The molecule has 2 aromatic carbocycles. The number of rotatable bonds is 3. The molecule has 0 unspecified atom stereocenters. The third-order valence-corrected chi connectivity index (χ3v) is 3.57. The van der Waals surface area contributed by atoms with Crippen LogP contribution in [0.5, 0.6) is 0 Å². The van der Waals surface area contributed by atoms with Crippen molar-refractivity contribution in [1.29, 1.82) is 0 Å². The van der Waals surface area contributed by atoms with Gasteiger partial charge in [0.1, 0.15) is 5.82 Å². The van der Waals surface area contributed by atoms with E-state index in [1.165, 1.54) is 12.1 Å². The zero-order chi connectivity index (χ0) is 14.0. The Hall–Kier alpha value is -1.09. The Morgan fingerprint density at radius 2 is 1.58 bits per heavy atom. The first kappa shape index (κ1) is 14.3. The molecule has 2 aromatic rings. The first-order valence-corrected chi connectivity index (χ1v) is 6.62. The Balaban J connectivity index is 2.27. The molecule has 4 heteroatoms. The van der Waals surface area contributed by atoms with Crippen molar-refractivity contribution in [3.63, 3.8) is 0 Å². The van der Waals surface area contributed by atoms with Crippen LogP contribution in [-0.2, 0) is 0 Å². The fourth-order valence-corrected chi connectivity index (χ4v) is 2.34. The highest BCUT2D eigenvalue weighted by molar-refractivity contribution is 6.30. The summed E-state index contributed by atoms with van der Waals surface area (Å²) >= 11 is 11.6. The van der Waals surface area contributed by atoms with Crippen molar-refractivity contribution < 1.29 is 9.50 Å². The molecule has 100 valence electrons. The predicted molar refractivity (Wildman–Crippen MR) is 76.2 cm³/mol. The van der Waals surface area contributed by atoms with Gasteiger partial charge in [0.2, 0.25) is 0 Å². The Labute approximate surface area is 121 Å². The number of hydrogen-bond acceptors (Lipinski definition) is 1. The zero-order valence-electron chi connectivity index (χ0n) is 10.3. The van der Waals surface area contributed by atoms with E-state index in [-0.39, 0.29) is 10.9 Å². The van der Waals surface area contributed by atoms with E-state index in [1.807, 2.05) is 19.1 Å². The molecular weight excluding hydrogens is 286 g/mol. The molecular formula is C15H13Cl2FO. The van der Waals surface area contributed by atoms with Gasteiger partial charge in [-0.05, 0) is 41.5 Å². The summed E-state index contributed by atoms with van der Waals surface area (Å²) in [5.41, 5.74) is 1.39. The highest BCUT2D eigenvalue weighted by Crippen LogP contribution is 2.32. The van der Waals surface area contributed by atoms with Crippen LogP contribution in [0.2, 0.25) is 10.0 Å². The predicted octanol–water partition coefficient (Wildman–Crippen LogP) is 4.97. The summed E-state index contributed by atoms with van der Waals surface area (Å²) in [7, 11) is 0. The number of aliphatic hydroxyl groups is 1. The highest BCUT2D eigenvalue weighted by Gasteiger charge is 2.19. The van der Waals surface area contributed by atoms with Gasteiger partial charge in [0.15, 0.2) is 0 Å². The number of halogens is 3.